The molecule has 0 saturated heterocycles. The van der Waals surface area contributed by atoms with Crippen molar-refractivity contribution in [3.63, 3.8) is 0 Å². The van der Waals surface area contributed by atoms with E-state index in [0.717, 1.165) is 22.3 Å². The number of aryl methyl sites for hydroxylation is 2. The molecular weight excluding hydrogens is 318 g/mol. The second-order valence-corrected chi connectivity index (χ2v) is 5.96. The number of hydrogen-bond acceptors (Lipinski definition) is 4. The number of carbonyl (C=O) groups is 1. The predicted octanol–water partition coefficient (Wildman–Crippen LogP) is 1.78. The van der Waals surface area contributed by atoms with Crippen LogP contribution in [-0.4, -0.2) is 52.4 Å². The number of nitrogens with zero attached hydrogens (tertiary/aromatic N) is 2. The first-order valence-corrected chi connectivity index (χ1v) is 8.31. The molecule has 25 heavy (non-hydrogen) atoms. The second kappa shape index (κ2) is 9.15. The van der Waals surface area contributed by atoms with E-state index in [-0.39, 0.29) is 38.4 Å². The summed E-state index contributed by atoms with van der Waals surface area (Å²) >= 11 is 0. The number of benzene rings is 1. The molecule has 6 heteroatoms. The minimum Gasteiger partial charge on any atom is -0.395 e. The van der Waals surface area contributed by atoms with Gasteiger partial charge < -0.3 is 20.4 Å². The molecule has 2 rings (SSSR count). The van der Waals surface area contributed by atoms with E-state index in [2.05, 4.69) is 16.4 Å². The van der Waals surface area contributed by atoms with Crippen LogP contribution >= 0.6 is 0 Å². The molecule has 1 unspecified atom stereocenters. The number of urea groups is 1. The fraction of sp³-hybridized carbons (Fsp3) is 0.368. The number of aliphatic hydroxyl groups excluding tert-OH is 2. The van der Waals surface area contributed by atoms with Crippen molar-refractivity contribution in [2.75, 3.05) is 26.3 Å². The number of aliphatic hydroxyl groups is 2. The van der Waals surface area contributed by atoms with E-state index in [1.54, 1.807) is 12.4 Å². The third-order valence-corrected chi connectivity index (χ3v) is 4.05. The van der Waals surface area contributed by atoms with Gasteiger partial charge in [0.25, 0.3) is 0 Å². The smallest absolute Gasteiger partial charge is 0.318 e. The molecule has 0 fully saturated rings. The molecule has 1 aromatic heterocycles. The minimum absolute atomic E-state index is 0.158. The van der Waals surface area contributed by atoms with Crippen LogP contribution in [0.1, 0.15) is 28.3 Å². The lowest BCUT2D eigenvalue weighted by atomic mass is 9.95. The van der Waals surface area contributed by atoms with Crippen molar-refractivity contribution < 1.29 is 15.0 Å². The molecule has 0 bridgehead atoms. The summed E-state index contributed by atoms with van der Waals surface area (Å²) in [4.78, 5) is 18.2. The molecule has 0 radical (unpaired) electrons. The lowest BCUT2D eigenvalue weighted by Gasteiger charge is -2.27. The lowest BCUT2D eigenvalue weighted by molar-refractivity contribution is 0.156. The molecular formula is C19H25N3O3. The van der Waals surface area contributed by atoms with Crippen molar-refractivity contribution in [1.29, 1.82) is 0 Å². The molecule has 6 nitrogen and oxygen atoms in total. The van der Waals surface area contributed by atoms with Gasteiger partial charge in [-0.3, -0.25) is 4.98 Å². The third kappa shape index (κ3) is 5.01. The molecule has 0 spiro atoms. The van der Waals surface area contributed by atoms with E-state index in [9.17, 15) is 4.79 Å². The van der Waals surface area contributed by atoms with Crippen LogP contribution in [0.15, 0.2) is 42.7 Å². The standard InChI is InChI=1S/C19H25N3O3/c1-14-5-6-17(15(2)12-14)18(16-4-3-7-20-13-16)21-19(25)22(8-10-23)9-11-24/h3-7,12-13,18,23-24H,8-11H2,1-2H3,(H,21,25). The van der Waals surface area contributed by atoms with Crippen LogP contribution in [0.2, 0.25) is 0 Å². The van der Waals surface area contributed by atoms with Crippen molar-refractivity contribution >= 4 is 6.03 Å². The van der Waals surface area contributed by atoms with E-state index in [0.29, 0.717) is 0 Å². The molecule has 2 aromatic rings. The van der Waals surface area contributed by atoms with Crippen molar-refractivity contribution in [3.8, 4) is 0 Å². The van der Waals surface area contributed by atoms with Gasteiger partial charge in [0.2, 0.25) is 0 Å². The van der Waals surface area contributed by atoms with Gasteiger partial charge in [0.1, 0.15) is 0 Å². The normalized spacial score (nSPS) is 11.8. The quantitative estimate of drug-likeness (QED) is 0.715. The SMILES string of the molecule is Cc1ccc(C(NC(=O)N(CCO)CCO)c2cccnc2)c(C)c1. The van der Waals surface area contributed by atoms with Gasteiger partial charge in [0.15, 0.2) is 0 Å². The monoisotopic (exact) mass is 343 g/mol. The van der Waals surface area contributed by atoms with E-state index in [1.165, 1.54) is 4.90 Å². The summed E-state index contributed by atoms with van der Waals surface area (Å²) in [7, 11) is 0. The Labute approximate surface area is 148 Å². The Morgan fingerprint density at radius 2 is 1.92 bits per heavy atom. The first-order chi connectivity index (χ1) is 12.1. The summed E-state index contributed by atoms with van der Waals surface area (Å²) in [5, 5.41) is 21.3. The molecule has 0 saturated carbocycles. The van der Waals surface area contributed by atoms with Gasteiger partial charge in [-0.15, -0.1) is 0 Å². The van der Waals surface area contributed by atoms with Crippen LogP contribution < -0.4 is 5.32 Å². The highest BCUT2D eigenvalue weighted by atomic mass is 16.3. The number of pyridine rings is 1. The zero-order valence-corrected chi connectivity index (χ0v) is 14.6. The van der Waals surface area contributed by atoms with E-state index >= 15 is 0 Å². The van der Waals surface area contributed by atoms with Crippen molar-refractivity contribution in [2.24, 2.45) is 0 Å². The van der Waals surface area contributed by atoms with E-state index in [4.69, 9.17) is 10.2 Å². The molecule has 0 aliphatic carbocycles. The summed E-state index contributed by atoms with van der Waals surface area (Å²) in [6.45, 7) is 4.05. The third-order valence-electron chi connectivity index (χ3n) is 4.05. The fourth-order valence-electron chi connectivity index (χ4n) is 2.81. The number of amides is 2. The molecule has 1 heterocycles. The molecule has 1 aromatic carbocycles. The highest BCUT2D eigenvalue weighted by Crippen LogP contribution is 2.25. The highest BCUT2D eigenvalue weighted by molar-refractivity contribution is 5.75. The van der Waals surface area contributed by atoms with Crippen molar-refractivity contribution in [1.82, 2.24) is 15.2 Å². The first-order valence-electron chi connectivity index (χ1n) is 8.31. The van der Waals surface area contributed by atoms with Crippen LogP contribution in [0.25, 0.3) is 0 Å². The molecule has 2 amide bonds. The second-order valence-electron chi connectivity index (χ2n) is 5.96. The maximum absolute atomic E-state index is 12.6. The first kappa shape index (κ1) is 18.9. The van der Waals surface area contributed by atoms with Gasteiger partial charge in [-0.1, -0.05) is 29.8 Å². The van der Waals surface area contributed by atoms with Gasteiger partial charge in [0.05, 0.1) is 19.3 Å². The predicted molar refractivity (Wildman–Crippen MR) is 96.3 cm³/mol. The number of aromatic nitrogens is 1. The average molecular weight is 343 g/mol. The summed E-state index contributed by atoms with van der Waals surface area (Å²) < 4.78 is 0. The Morgan fingerprint density at radius 3 is 2.48 bits per heavy atom. The number of carbonyl (C=O) groups excluding carboxylic acids is 1. The maximum Gasteiger partial charge on any atom is 0.318 e. The van der Waals surface area contributed by atoms with Crippen LogP contribution in [-0.2, 0) is 0 Å². The maximum atomic E-state index is 12.6. The Kier molecular flexibility index (Phi) is 6.91. The van der Waals surface area contributed by atoms with Crippen molar-refractivity contribution in [2.45, 2.75) is 19.9 Å². The summed E-state index contributed by atoms with van der Waals surface area (Å²) in [5.41, 5.74) is 4.08. The van der Waals surface area contributed by atoms with Gasteiger partial charge >= 0.3 is 6.03 Å². The van der Waals surface area contributed by atoms with Crippen LogP contribution in [0, 0.1) is 13.8 Å². The topological polar surface area (TPSA) is 85.7 Å². The minimum atomic E-state index is -0.360. The molecule has 1 atom stereocenters. The van der Waals surface area contributed by atoms with Gasteiger partial charge in [-0.2, -0.15) is 0 Å². The largest absolute Gasteiger partial charge is 0.395 e. The van der Waals surface area contributed by atoms with Gasteiger partial charge in [-0.25, -0.2) is 4.79 Å². The van der Waals surface area contributed by atoms with Crippen molar-refractivity contribution in [3.05, 3.63) is 65.0 Å². The van der Waals surface area contributed by atoms with Crippen LogP contribution in [0.3, 0.4) is 0 Å². The van der Waals surface area contributed by atoms with Crippen LogP contribution in [0.5, 0.6) is 0 Å². The molecule has 0 aliphatic heterocycles. The van der Waals surface area contributed by atoms with E-state index < -0.39 is 0 Å². The van der Waals surface area contributed by atoms with Crippen LogP contribution in [0.4, 0.5) is 4.79 Å². The van der Waals surface area contributed by atoms with Gasteiger partial charge in [-0.05, 0) is 36.6 Å². The Hall–Kier alpha value is -2.44. The molecule has 3 N–H and O–H groups in total. The fourth-order valence-corrected chi connectivity index (χ4v) is 2.81. The number of rotatable bonds is 7. The average Bonchev–Trinajstić information content (AvgIpc) is 2.60. The summed E-state index contributed by atoms with van der Waals surface area (Å²) in [6, 6.07) is 9.14. The zero-order chi connectivity index (χ0) is 18.2. The van der Waals surface area contributed by atoms with E-state index in [1.807, 2.05) is 38.1 Å². The summed E-state index contributed by atoms with van der Waals surface area (Å²) in [6.07, 6.45) is 3.42. The zero-order valence-electron chi connectivity index (χ0n) is 14.6. The molecule has 134 valence electrons. The summed E-state index contributed by atoms with van der Waals surface area (Å²) in [5.74, 6) is 0. The Balaban J connectivity index is 2.34. The highest BCUT2D eigenvalue weighted by Gasteiger charge is 2.22. The molecule has 0 aliphatic rings. The number of nitrogens with one attached hydrogen (secondary N) is 1. The number of hydrogen-bond donors (Lipinski definition) is 3. The lowest BCUT2D eigenvalue weighted by Crippen LogP contribution is -2.44. The Morgan fingerprint density at radius 1 is 1.20 bits per heavy atom. The Bertz CT molecular complexity index is 686. The van der Waals surface area contributed by atoms with Gasteiger partial charge in [0, 0.05) is 25.5 Å².